The van der Waals surface area contributed by atoms with Crippen LogP contribution in [0, 0.1) is 0 Å². The second-order valence-corrected chi connectivity index (χ2v) is 2.84. The molecule has 0 atom stereocenters. The third kappa shape index (κ3) is 2.05. The topological polar surface area (TPSA) is 29.0 Å². The van der Waals surface area contributed by atoms with Gasteiger partial charge in [0.25, 0.3) is 0 Å². The Bertz CT molecular complexity index is 230. The predicted molar refractivity (Wildman–Crippen MR) is 42.0 cm³/mol. The summed E-state index contributed by atoms with van der Waals surface area (Å²) >= 11 is 0. The third-order valence-electron chi connectivity index (χ3n) is 1.75. The van der Waals surface area contributed by atoms with Gasteiger partial charge < -0.3 is 5.11 Å². The molecule has 1 heterocycles. The van der Waals surface area contributed by atoms with E-state index in [1.54, 1.807) is 0 Å². The van der Waals surface area contributed by atoms with Crippen LogP contribution in [-0.2, 0) is 20.5 Å². The van der Waals surface area contributed by atoms with Crippen molar-refractivity contribution in [2.45, 2.75) is 12.8 Å². The number of nitrogens with zero attached hydrogens (tertiary/aromatic N) is 2. The van der Waals surface area contributed by atoms with Crippen molar-refractivity contribution in [1.29, 1.82) is 0 Å². The molecule has 0 saturated carbocycles. The van der Waals surface area contributed by atoms with E-state index >= 15 is 0 Å². The van der Waals surface area contributed by atoms with Crippen LogP contribution in [0.5, 0.6) is 0 Å². The van der Waals surface area contributed by atoms with Crippen LogP contribution in [0.2, 0.25) is 0 Å². The summed E-state index contributed by atoms with van der Waals surface area (Å²) in [4.78, 5) is 0. The Morgan fingerprint density at radius 3 is 2.82 bits per heavy atom. The molecule has 62 valence electrons. The molecule has 1 N–H and O–H groups in total. The maximum Gasteiger partial charge on any atom is 0.243 e. The van der Waals surface area contributed by atoms with Crippen molar-refractivity contribution in [3.05, 3.63) is 18.2 Å². The van der Waals surface area contributed by atoms with E-state index in [0.29, 0.717) is 0 Å². The number of aromatic nitrogens is 2. The van der Waals surface area contributed by atoms with Crippen LogP contribution >= 0.6 is 0 Å². The number of hydrogen-bond donors (Lipinski definition) is 1. The molecule has 0 unspecified atom stereocenters. The zero-order valence-corrected chi connectivity index (χ0v) is 7.12. The zero-order chi connectivity index (χ0) is 8.27. The summed E-state index contributed by atoms with van der Waals surface area (Å²) in [5.74, 6) is 0. The Morgan fingerprint density at radius 2 is 2.36 bits per heavy atom. The van der Waals surface area contributed by atoms with E-state index in [1.807, 2.05) is 25.0 Å². The molecule has 1 aromatic rings. The van der Waals surface area contributed by atoms with Crippen molar-refractivity contribution in [2.75, 3.05) is 6.61 Å². The Hall–Kier alpha value is -0.830. The molecule has 3 heteroatoms. The van der Waals surface area contributed by atoms with Gasteiger partial charge in [0.15, 0.2) is 0 Å². The lowest BCUT2D eigenvalue weighted by Gasteiger charge is -1.91. The summed E-state index contributed by atoms with van der Waals surface area (Å²) < 4.78 is 4.10. The molecule has 1 rings (SSSR count). The largest absolute Gasteiger partial charge is 0.396 e. The standard InChI is InChI=1S/C8H15N2O/c1-9-6-8(4-3-5-11)10(2)7-9/h6-7,11H,3-5H2,1-2H3/q+1. The van der Waals surface area contributed by atoms with Crippen LogP contribution in [0.1, 0.15) is 12.1 Å². The second-order valence-electron chi connectivity index (χ2n) is 2.84. The van der Waals surface area contributed by atoms with Crippen molar-refractivity contribution >= 4 is 0 Å². The molecule has 0 aliphatic heterocycles. The van der Waals surface area contributed by atoms with Gasteiger partial charge in [0.1, 0.15) is 11.9 Å². The van der Waals surface area contributed by atoms with Gasteiger partial charge in [-0.3, -0.25) is 0 Å². The molecule has 0 aliphatic carbocycles. The number of aryl methyl sites for hydroxylation is 3. The SMILES string of the molecule is Cn1c[n+](C)cc1CCCO. The molecule has 0 fully saturated rings. The van der Waals surface area contributed by atoms with E-state index < -0.39 is 0 Å². The Labute approximate surface area is 66.9 Å². The lowest BCUT2D eigenvalue weighted by Crippen LogP contribution is -2.23. The van der Waals surface area contributed by atoms with E-state index in [1.165, 1.54) is 5.69 Å². The van der Waals surface area contributed by atoms with E-state index in [0.717, 1.165) is 12.8 Å². The Kier molecular flexibility index (Phi) is 2.65. The highest BCUT2D eigenvalue weighted by atomic mass is 16.2. The van der Waals surface area contributed by atoms with Gasteiger partial charge in [-0.2, -0.15) is 0 Å². The summed E-state index contributed by atoms with van der Waals surface area (Å²) in [6.45, 7) is 0.273. The Balaban J connectivity index is 2.62. The predicted octanol–water partition coefficient (Wildman–Crippen LogP) is -0.226. The van der Waals surface area contributed by atoms with Gasteiger partial charge >= 0.3 is 0 Å². The molecule has 0 aliphatic rings. The fraction of sp³-hybridized carbons (Fsp3) is 0.625. The minimum absolute atomic E-state index is 0.273. The van der Waals surface area contributed by atoms with Crippen LogP contribution in [0.25, 0.3) is 0 Å². The summed E-state index contributed by atoms with van der Waals surface area (Å²) in [5.41, 5.74) is 1.27. The first-order valence-corrected chi connectivity index (χ1v) is 3.85. The molecule has 3 nitrogen and oxygen atoms in total. The number of aliphatic hydroxyl groups excluding tert-OH is 1. The number of rotatable bonds is 3. The van der Waals surface area contributed by atoms with E-state index in [2.05, 4.69) is 10.8 Å². The highest BCUT2D eigenvalue weighted by Crippen LogP contribution is 1.97. The first-order chi connectivity index (χ1) is 5.24. The monoisotopic (exact) mass is 155 g/mol. The van der Waals surface area contributed by atoms with Gasteiger partial charge in [-0.25, -0.2) is 9.13 Å². The number of aliphatic hydroxyl groups is 1. The van der Waals surface area contributed by atoms with E-state index in [-0.39, 0.29) is 6.61 Å². The van der Waals surface area contributed by atoms with Crippen molar-refractivity contribution in [3.8, 4) is 0 Å². The molecule has 0 aromatic carbocycles. The molecular formula is C8H15N2O+. The molecule has 0 bridgehead atoms. The molecule has 11 heavy (non-hydrogen) atoms. The van der Waals surface area contributed by atoms with Crippen molar-refractivity contribution in [2.24, 2.45) is 14.1 Å². The lowest BCUT2D eigenvalue weighted by molar-refractivity contribution is -0.671. The first kappa shape index (κ1) is 8.27. The van der Waals surface area contributed by atoms with Gasteiger partial charge in [-0.15, -0.1) is 0 Å². The van der Waals surface area contributed by atoms with Crippen LogP contribution < -0.4 is 4.57 Å². The van der Waals surface area contributed by atoms with Gasteiger partial charge in [0.2, 0.25) is 6.33 Å². The minimum atomic E-state index is 0.273. The minimum Gasteiger partial charge on any atom is -0.396 e. The van der Waals surface area contributed by atoms with Gasteiger partial charge in [-0.05, 0) is 6.42 Å². The van der Waals surface area contributed by atoms with Crippen molar-refractivity contribution in [1.82, 2.24) is 4.57 Å². The van der Waals surface area contributed by atoms with Gasteiger partial charge in [0, 0.05) is 13.0 Å². The summed E-state index contributed by atoms with van der Waals surface area (Å²) in [6.07, 6.45) is 5.90. The number of hydrogen-bond acceptors (Lipinski definition) is 1. The Morgan fingerprint density at radius 1 is 1.64 bits per heavy atom. The average molecular weight is 155 g/mol. The molecule has 0 spiro atoms. The van der Waals surface area contributed by atoms with Crippen LogP contribution in [0.15, 0.2) is 12.5 Å². The molecule has 0 radical (unpaired) electrons. The fourth-order valence-corrected chi connectivity index (χ4v) is 1.21. The molecule has 1 aromatic heterocycles. The van der Waals surface area contributed by atoms with Gasteiger partial charge in [-0.1, -0.05) is 0 Å². The van der Waals surface area contributed by atoms with Crippen LogP contribution in [0.4, 0.5) is 0 Å². The summed E-state index contributed by atoms with van der Waals surface area (Å²) in [6, 6.07) is 0. The maximum absolute atomic E-state index is 8.61. The van der Waals surface area contributed by atoms with Crippen LogP contribution in [-0.4, -0.2) is 16.3 Å². The zero-order valence-electron chi connectivity index (χ0n) is 7.12. The normalized spacial score (nSPS) is 10.5. The van der Waals surface area contributed by atoms with Crippen molar-refractivity contribution < 1.29 is 9.67 Å². The summed E-state index contributed by atoms with van der Waals surface area (Å²) in [7, 11) is 4.02. The lowest BCUT2D eigenvalue weighted by atomic mass is 10.2. The first-order valence-electron chi connectivity index (χ1n) is 3.85. The highest BCUT2D eigenvalue weighted by Gasteiger charge is 2.05. The fourth-order valence-electron chi connectivity index (χ4n) is 1.21. The third-order valence-corrected chi connectivity index (χ3v) is 1.75. The van der Waals surface area contributed by atoms with E-state index in [9.17, 15) is 0 Å². The van der Waals surface area contributed by atoms with Crippen LogP contribution in [0.3, 0.4) is 0 Å². The van der Waals surface area contributed by atoms with E-state index in [4.69, 9.17) is 5.11 Å². The highest BCUT2D eigenvalue weighted by molar-refractivity contribution is 4.92. The summed E-state index contributed by atoms with van der Waals surface area (Å²) in [5, 5.41) is 8.61. The maximum atomic E-state index is 8.61. The molecule has 0 amide bonds. The van der Waals surface area contributed by atoms with Crippen molar-refractivity contribution in [3.63, 3.8) is 0 Å². The van der Waals surface area contributed by atoms with Gasteiger partial charge in [0.05, 0.1) is 14.1 Å². The molecule has 0 saturated heterocycles. The quantitative estimate of drug-likeness (QED) is 0.600. The second kappa shape index (κ2) is 3.53. The average Bonchev–Trinajstić information content (AvgIpc) is 2.26. The number of imidazole rings is 1. The molecular weight excluding hydrogens is 140 g/mol. The smallest absolute Gasteiger partial charge is 0.243 e.